The molecule has 0 bridgehead atoms. The van der Waals surface area contributed by atoms with Gasteiger partial charge in [-0.25, -0.2) is 0 Å². The molecule has 0 atom stereocenters. The number of benzene rings is 2. The standard InChI is InChI=1S/C21H20BrNO5S/c1-2-29(25,26)28-19-6-3-5-16(13-19)14-23(15-20-7-4-12-27-20)21(24)17-8-10-18(22)11-9-17/h3-13H,2,14-15H2,1H3. The molecule has 3 rings (SSSR count). The predicted molar refractivity (Wildman–Crippen MR) is 113 cm³/mol. The molecule has 152 valence electrons. The van der Waals surface area contributed by atoms with Crippen molar-refractivity contribution in [3.63, 3.8) is 0 Å². The van der Waals surface area contributed by atoms with E-state index in [1.807, 2.05) is 18.2 Å². The van der Waals surface area contributed by atoms with E-state index in [1.54, 1.807) is 53.6 Å². The second-order valence-electron chi connectivity index (χ2n) is 6.32. The van der Waals surface area contributed by atoms with Gasteiger partial charge in [-0.2, -0.15) is 8.42 Å². The van der Waals surface area contributed by atoms with Crippen molar-refractivity contribution < 1.29 is 21.8 Å². The molecule has 3 aromatic rings. The number of hydrogen-bond donors (Lipinski definition) is 0. The average Bonchev–Trinajstić information content (AvgIpc) is 3.21. The normalized spacial score (nSPS) is 11.2. The minimum atomic E-state index is -3.62. The molecule has 0 saturated carbocycles. The van der Waals surface area contributed by atoms with Crippen LogP contribution in [0.1, 0.15) is 28.6 Å². The van der Waals surface area contributed by atoms with E-state index in [1.165, 1.54) is 6.92 Å². The number of nitrogens with zero attached hydrogens (tertiary/aromatic N) is 1. The largest absolute Gasteiger partial charge is 0.467 e. The van der Waals surface area contributed by atoms with Crippen LogP contribution in [0, 0.1) is 0 Å². The number of halogens is 1. The van der Waals surface area contributed by atoms with Crippen molar-refractivity contribution in [2.45, 2.75) is 20.0 Å². The molecule has 0 N–H and O–H groups in total. The van der Waals surface area contributed by atoms with Crippen molar-refractivity contribution in [1.29, 1.82) is 0 Å². The van der Waals surface area contributed by atoms with Gasteiger partial charge in [0.1, 0.15) is 11.5 Å². The Bertz CT molecular complexity index is 1060. The Morgan fingerprint density at radius 3 is 2.48 bits per heavy atom. The maximum Gasteiger partial charge on any atom is 0.308 e. The summed E-state index contributed by atoms with van der Waals surface area (Å²) in [4.78, 5) is 14.7. The summed E-state index contributed by atoms with van der Waals surface area (Å²) in [7, 11) is -3.62. The lowest BCUT2D eigenvalue weighted by molar-refractivity contribution is 0.0717. The smallest absolute Gasteiger partial charge is 0.308 e. The van der Waals surface area contributed by atoms with E-state index in [0.717, 1.165) is 10.0 Å². The van der Waals surface area contributed by atoms with Crippen LogP contribution in [0.15, 0.2) is 75.8 Å². The van der Waals surface area contributed by atoms with Crippen molar-refractivity contribution in [2.75, 3.05) is 5.75 Å². The van der Waals surface area contributed by atoms with Crippen LogP contribution in [0.4, 0.5) is 0 Å². The predicted octanol–water partition coefficient (Wildman–Crippen LogP) is 4.61. The fourth-order valence-electron chi connectivity index (χ4n) is 2.69. The topological polar surface area (TPSA) is 76.8 Å². The first-order chi connectivity index (χ1) is 13.9. The first-order valence-corrected chi connectivity index (χ1v) is 11.3. The SMILES string of the molecule is CCS(=O)(=O)Oc1cccc(CN(Cc2ccco2)C(=O)c2ccc(Br)cc2)c1. The molecule has 0 aliphatic heterocycles. The third-order valence-electron chi connectivity index (χ3n) is 4.15. The van der Waals surface area contributed by atoms with E-state index in [0.29, 0.717) is 11.3 Å². The van der Waals surface area contributed by atoms with Crippen LogP contribution < -0.4 is 4.18 Å². The number of hydrogen-bond acceptors (Lipinski definition) is 5. The van der Waals surface area contributed by atoms with Gasteiger partial charge in [0.25, 0.3) is 5.91 Å². The second-order valence-corrected chi connectivity index (χ2v) is 9.10. The summed E-state index contributed by atoms with van der Waals surface area (Å²) in [6, 6.07) is 17.4. The van der Waals surface area contributed by atoms with E-state index in [-0.39, 0.29) is 30.5 Å². The molecule has 0 unspecified atom stereocenters. The van der Waals surface area contributed by atoms with Crippen LogP contribution in [0.2, 0.25) is 0 Å². The molecule has 0 aliphatic rings. The molecule has 8 heteroatoms. The molecule has 0 aliphatic carbocycles. The molecule has 1 amide bonds. The van der Waals surface area contributed by atoms with Crippen molar-refractivity contribution in [3.8, 4) is 5.75 Å². The molecule has 1 aromatic heterocycles. The van der Waals surface area contributed by atoms with Gasteiger partial charge < -0.3 is 13.5 Å². The van der Waals surface area contributed by atoms with E-state index in [2.05, 4.69) is 15.9 Å². The fourth-order valence-corrected chi connectivity index (χ4v) is 3.47. The maximum absolute atomic E-state index is 13.1. The molecular formula is C21H20BrNO5S. The van der Waals surface area contributed by atoms with Gasteiger partial charge in [0.2, 0.25) is 0 Å². The Hall–Kier alpha value is -2.58. The highest BCUT2D eigenvalue weighted by Crippen LogP contribution is 2.20. The first-order valence-electron chi connectivity index (χ1n) is 8.94. The Kier molecular flexibility index (Phi) is 6.76. The monoisotopic (exact) mass is 477 g/mol. The highest BCUT2D eigenvalue weighted by molar-refractivity contribution is 9.10. The molecule has 1 heterocycles. The van der Waals surface area contributed by atoms with Crippen LogP contribution >= 0.6 is 15.9 Å². The Morgan fingerprint density at radius 1 is 1.07 bits per heavy atom. The summed E-state index contributed by atoms with van der Waals surface area (Å²) in [5, 5.41) is 0. The van der Waals surface area contributed by atoms with E-state index in [9.17, 15) is 13.2 Å². The third-order valence-corrected chi connectivity index (χ3v) is 5.84. The number of furan rings is 1. The molecule has 0 fully saturated rings. The molecule has 0 radical (unpaired) electrons. The van der Waals surface area contributed by atoms with E-state index >= 15 is 0 Å². The quantitative estimate of drug-likeness (QED) is 0.442. The lowest BCUT2D eigenvalue weighted by atomic mass is 10.1. The van der Waals surface area contributed by atoms with Crippen LogP contribution in [0.25, 0.3) is 0 Å². The first kappa shape index (κ1) is 21.1. The summed E-state index contributed by atoms with van der Waals surface area (Å²) in [6.07, 6.45) is 1.56. The lowest BCUT2D eigenvalue weighted by Crippen LogP contribution is -2.30. The lowest BCUT2D eigenvalue weighted by Gasteiger charge is -2.22. The summed E-state index contributed by atoms with van der Waals surface area (Å²) in [5.41, 5.74) is 1.28. The van der Waals surface area contributed by atoms with Gasteiger partial charge in [-0.3, -0.25) is 4.79 Å². The Labute approximate surface area is 178 Å². The summed E-state index contributed by atoms with van der Waals surface area (Å²) in [5.74, 6) is 0.584. The minimum absolute atomic E-state index is 0.121. The minimum Gasteiger partial charge on any atom is -0.467 e. The molecular weight excluding hydrogens is 458 g/mol. The summed E-state index contributed by atoms with van der Waals surface area (Å²) >= 11 is 3.37. The molecule has 6 nitrogen and oxygen atoms in total. The summed E-state index contributed by atoms with van der Waals surface area (Å²) < 4.78 is 34.8. The second kappa shape index (κ2) is 9.28. The molecule has 0 saturated heterocycles. The fraction of sp³-hybridized carbons (Fsp3) is 0.190. The van der Waals surface area contributed by atoms with Gasteiger partial charge in [0, 0.05) is 16.6 Å². The van der Waals surface area contributed by atoms with Crippen LogP contribution in [0.5, 0.6) is 5.75 Å². The van der Waals surface area contributed by atoms with Gasteiger partial charge in [-0.15, -0.1) is 0 Å². The molecule has 2 aromatic carbocycles. The molecule has 0 spiro atoms. The zero-order valence-corrected chi connectivity index (χ0v) is 18.1. The van der Waals surface area contributed by atoms with Crippen LogP contribution in [-0.4, -0.2) is 25.0 Å². The van der Waals surface area contributed by atoms with E-state index in [4.69, 9.17) is 8.60 Å². The molecule has 29 heavy (non-hydrogen) atoms. The van der Waals surface area contributed by atoms with Gasteiger partial charge in [-0.1, -0.05) is 28.1 Å². The van der Waals surface area contributed by atoms with Crippen molar-refractivity contribution in [2.24, 2.45) is 0 Å². The van der Waals surface area contributed by atoms with Crippen molar-refractivity contribution in [3.05, 3.63) is 88.3 Å². The van der Waals surface area contributed by atoms with Crippen LogP contribution in [-0.2, 0) is 23.2 Å². The van der Waals surface area contributed by atoms with Crippen molar-refractivity contribution in [1.82, 2.24) is 4.90 Å². The van der Waals surface area contributed by atoms with Gasteiger partial charge >= 0.3 is 10.1 Å². The zero-order valence-electron chi connectivity index (χ0n) is 15.7. The van der Waals surface area contributed by atoms with Gasteiger partial charge in [-0.05, 0) is 61.0 Å². The third kappa shape index (κ3) is 5.95. The van der Waals surface area contributed by atoms with Gasteiger partial charge in [0.05, 0.1) is 18.6 Å². The average molecular weight is 478 g/mol. The van der Waals surface area contributed by atoms with Crippen LogP contribution in [0.3, 0.4) is 0 Å². The summed E-state index contributed by atoms with van der Waals surface area (Å²) in [6.45, 7) is 2.06. The highest BCUT2D eigenvalue weighted by Gasteiger charge is 2.19. The Morgan fingerprint density at radius 2 is 1.83 bits per heavy atom. The number of carbonyl (C=O) groups is 1. The number of rotatable bonds is 8. The number of carbonyl (C=O) groups excluding carboxylic acids is 1. The zero-order chi connectivity index (χ0) is 20.9. The maximum atomic E-state index is 13.1. The highest BCUT2D eigenvalue weighted by atomic mass is 79.9. The number of amides is 1. The van der Waals surface area contributed by atoms with Gasteiger partial charge in [0.15, 0.2) is 0 Å². The van der Waals surface area contributed by atoms with Crippen molar-refractivity contribution >= 4 is 32.0 Å². The Balaban J connectivity index is 1.85. The van der Waals surface area contributed by atoms with E-state index < -0.39 is 10.1 Å².